The summed E-state index contributed by atoms with van der Waals surface area (Å²) in [6, 6.07) is 20.5. The Morgan fingerprint density at radius 1 is 0.871 bits per heavy atom. The molecule has 0 spiro atoms. The van der Waals surface area contributed by atoms with Gasteiger partial charge in [-0.25, -0.2) is 17.2 Å². The fourth-order valence-corrected chi connectivity index (χ4v) is 5.62. The van der Waals surface area contributed by atoms with Gasteiger partial charge in [0.2, 0.25) is 0 Å². The molecule has 0 radical (unpaired) electrons. The molecule has 1 aromatic heterocycles. The first kappa shape index (κ1) is 21.2. The minimum atomic E-state index is -3.47. The first-order valence-electron chi connectivity index (χ1n) is 9.32. The third-order valence-corrected chi connectivity index (χ3v) is 7.42. The van der Waals surface area contributed by atoms with E-state index in [1.165, 1.54) is 10.6 Å². The van der Waals surface area contributed by atoms with E-state index in [9.17, 15) is 17.2 Å². The Hall–Kier alpha value is -3.04. The van der Waals surface area contributed by atoms with E-state index in [2.05, 4.69) is 10.2 Å². The predicted octanol–water partition coefficient (Wildman–Crippen LogP) is 4.78. The van der Waals surface area contributed by atoms with Crippen molar-refractivity contribution in [1.29, 1.82) is 0 Å². The van der Waals surface area contributed by atoms with Crippen LogP contribution < -0.4 is 0 Å². The van der Waals surface area contributed by atoms with Crippen LogP contribution in [-0.2, 0) is 9.84 Å². The molecule has 0 fully saturated rings. The summed E-state index contributed by atoms with van der Waals surface area (Å²) in [5.74, 6) is -1.03. The second-order valence-corrected chi connectivity index (χ2v) is 9.75. The summed E-state index contributed by atoms with van der Waals surface area (Å²) in [6.45, 7) is 0. The zero-order valence-electron chi connectivity index (χ0n) is 16.2. The van der Waals surface area contributed by atoms with E-state index in [0.717, 1.165) is 23.9 Å². The lowest BCUT2D eigenvalue weighted by molar-refractivity contribution is 0.575. The average molecular weight is 458 g/mol. The van der Waals surface area contributed by atoms with E-state index in [-0.39, 0.29) is 22.1 Å². The maximum Gasteiger partial charge on any atom is 0.196 e. The van der Waals surface area contributed by atoms with Gasteiger partial charge in [-0.1, -0.05) is 60.3 Å². The van der Waals surface area contributed by atoms with Gasteiger partial charge in [0, 0.05) is 17.4 Å². The SMILES string of the molecule is O=S(=O)(CCSc1nnc(-c2ccccc2)n1-c1ccc(F)cc1F)c1ccccc1. The Kier molecular flexibility index (Phi) is 6.15. The second-order valence-electron chi connectivity index (χ2n) is 6.58. The van der Waals surface area contributed by atoms with Gasteiger partial charge in [0.05, 0.1) is 16.3 Å². The Morgan fingerprint density at radius 3 is 2.23 bits per heavy atom. The van der Waals surface area contributed by atoms with Crippen LogP contribution in [0.4, 0.5) is 8.78 Å². The van der Waals surface area contributed by atoms with Crippen molar-refractivity contribution in [2.75, 3.05) is 11.5 Å². The van der Waals surface area contributed by atoms with Gasteiger partial charge in [-0.05, 0) is 24.3 Å². The molecule has 31 heavy (non-hydrogen) atoms. The molecule has 3 aromatic carbocycles. The largest absolute Gasteiger partial charge is 0.267 e. The smallest absolute Gasteiger partial charge is 0.196 e. The minimum absolute atomic E-state index is 0.0821. The van der Waals surface area contributed by atoms with Crippen LogP contribution in [0, 0.1) is 11.6 Å². The van der Waals surface area contributed by atoms with E-state index >= 15 is 0 Å². The molecule has 0 bridgehead atoms. The molecule has 0 saturated heterocycles. The van der Waals surface area contributed by atoms with Gasteiger partial charge < -0.3 is 0 Å². The Balaban J connectivity index is 1.66. The lowest BCUT2D eigenvalue weighted by atomic mass is 10.2. The number of thioether (sulfide) groups is 1. The molecule has 0 aliphatic heterocycles. The molecular formula is C22H17F2N3O2S2. The van der Waals surface area contributed by atoms with Crippen LogP contribution in [-0.4, -0.2) is 34.7 Å². The molecule has 0 saturated carbocycles. The van der Waals surface area contributed by atoms with Crippen LogP contribution >= 0.6 is 11.8 Å². The molecule has 4 aromatic rings. The minimum Gasteiger partial charge on any atom is -0.267 e. The van der Waals surface area contributed by atoms with Gasteiger partial charge in [0.25, 0.3) is 0 Å². The fraction of sp³-hybridized carbons (Fsp3) is 0.0909. The number of aromatic nitrogens is 3. The van der Waals surface area contributed by atoms with Gasteiger partial charge in [-0.15, -0.1) is 10.2 Å². The van der Waals surface area contributed by atoms with Crippen LogP contribution in [0.2, 0.25) is 0 Å². The van der Waals surface area contributed by atoms with Crippen molar-refractivity contribution in [1.82, 2.24) is 14.8 Å². The number of hydrogen-bond acceptors (Lipinski definition) is 5. The van der Waals surface area contributed by atoms with Gasteiger partial charge in [-0.3, -0.25) is 4.57 Å². The van der Waals surface area contributed by atoms with Gasteiger partial charge >= 0.3 is 0 Å². The lowest BCUT2D eigenvalue weighted by Crippen LogP contribution is -2.09. The standard InChI is InChI=1S/C22H17F2N3O2S2/c23-17-11-12-20(19(24)15-17)27-21(16-7-3-1-4-8-16)25-26-22(27)30-13-14-31(28,29)18-9-5-2-6-10-18/h1-12,15H,13-14H2. The number of nitrogens with zero attached hydrogens (tertiary/aromatic N) is 3. The molecule has 0 unspecified atom stereocenters. The molecule has 158 valence electrons. The molecule has 0 N–H and O–H groups in total. The van der Waals surface area contributed by atoms with Crippen molar-refractivity contribution < 1.29 is 17.2 Å². The van der Waals surface area contributed by atoms with Crippen molar-refractivity contribution in [3.63, 3.8) is 0 Å². The first-order chi connectivity index (χ1) is 15.0. The Morgan fingerprint density at radius 2 is 1.55 bits per heavy atom. The summed E-state index contributed by atoms with van der Waals surface area (Å²) in [7, 11) is -3.47. The molecule has 5 nitrogen and oxygen atoms in total. The Bertz CT molecular complexity index is 1300. The van der Waals surface area contributed by atoms with E-state index in [0.29, 0.717) is 16.5 Å². The van der Waals surface area contributed by atoms with Crippen LogP contribution in [0.3, 0.4) is 0 Å². The van der Waals surface area contributed by atoms with Gasteiger partial charge in [0.1, 0.15) is 11.6 Å². The molecule has 0 aliphatic rings. The highest BCUT2D eigenvalue weighted by atomic mass is 32.2. The highest BCUT2D eigenvalue weighted by molar-refractivity contribution is 8.00. The quantitative estimate of drug-likeness (QED) is 0.374. The summed E-state index contributed by atoms with van der Waals surface area (Å²) >= 11 is 1.14. The molecule has 0 atom stereocenters. The summed E-state index contributed by atoms with van der Waals surface area (Å²) in [4.78, 5) is 0.242. The predicted molar refractivity (Wildman–Crippen MR) is 116 cm³/mol. The zero-order valence-corrected chi connectivity index (χ0v) is 17.8. The summed E-state index contributed by atoms with van der Waals surface area (Å²) in [5.41, 5.74) is 0.779. The Labute approximate surface area is 182 Å². The van der Waals surface area contributed by atoms with E-state index < -0.39 is 21.5 Å². The molecule has 4 rings (SSSR count). The highest BCUT2D eigenvalue weighted by Crippen LogP contribution is 2.29. The van der Waals surface area contributed by atoms with Crippen molar-refractivity contribution in [3.05, 3.63) is 90.5 Å². The third kappa shape index (κ3) is 4.67. The van der Waals surface area contributed by atoms with Gasteiger partial charge in [0.15, 0.2) is 20.8 Å². The summed E-state index contributed by atoms with van der Waals surface area (Å²) in [5, 5.41) is 8.64. The normalized spacial score (nSPS) is 11.5. The van der Waals surface area contributed by atoms with Crippen molar-refractivity contribution >= 4 is 21.6 Å². The first-order valence-corrected chi connectivity index (χ1v) is 12.0. The third-order valence-electron chi connectivity index (χ3n) is 4.50. The number of halogens is 2. The summed E-state index contributed by atoms with van der Waals surface area (Å²) in [6.07, 6.45) is 0. The molecule has 9 heteroatoms. The highest BCUT2D eigenvalue weighted by Gasteiger charge is 2.20. The number of sulfone groups is 1. The number of hydrogen-bond donors (Lipinski definition) is 0. The summed E-state index contributed by atoms with van der Waals surface area (Å²) < 4.78 is 54.6. The van der Waals surface area contributed by atoms with Crippen LogP contribution in [0.25, 0.3) is 17.1 Å². The molecule has 0 amide bonds. The maximum absolute atomic E-state index is 14.6. The van der Waals surface area contributed by atoms with E-state index in [1.807, 2.05) is 18.2 Å². The zero-order chi connectivity index (χ0) is 21.8. The van der Waals surface area contributed by atoms with Crippen molar-refractivity contribution in [3.8, 4) is 17.1 Å². The van der Waals surface area contributed by atoms with Crippen LogP contribution in [0.1, 0.15) is 0 Å². The second kappa shape index (κ2) is 8.99. The van der Waals surface area contributed by atoms with Crippen molar-refractivity contribution in [2.24, 2.45) is 0 Å². The topological polar surface area (TPSA) is 64.8 Å². The van der Waals surface area contributed by atoms with E-state index in [4.69, 9.17) is 0 Å². The monoisotopic (exact) mass is 457 g/mol. The number of rotatable bonds is 7. The lowest BCUT2D eigenvalue weighted by Gasteiger charge is -2.11. The van der Waals surface area contributed by atoms with Crippen LogP contribution in [0.15, 0.2) is 88.9 Å². The molecular weight excluding hydrogens is 440 g/mol. The van der Waals surface area contributed by atoms with Crippen LogP contribution in [0.5, 0.6) is 0 Å². The molecule has 1 heterocycles. The van der Waals surface area contributed by atoms with Crippen molar-refractivity contribution in [2.45, 2.75) is 10.1 Å². The molecule has 0 aliphatic carbocycles. The van der Waals surface area contributed by atoms with Gasteiger partial charge in [-0.2, -0.15) is 0 Å². The fourth-order valence-electron chi connectivity index (χ4n) is 3.01. The maximum atomic E-state index is 14.6. The average Bonchev–Trinajstić information content (AvgIpc) is 3.18. The number of benzene rings is 3. The van der Waals surface area contributed by atoms with E-state index in [1.54, 1.807) is 42.5 Å².